The van der Waals surface area contributed by atoms with Crippen molar-refractivity contribution >= 4 is 18.3 Å². The predicted octanol–water partition coefficient (Wildman–Crippen LogP) is 2.37. The second kappa shape index (κ2) is 8.24. The van der Waals surface area contributed by atoms with Gasteiger partial charge in [0, 0.05) is 12.6 Å². The summed E-state index contributed by atoms with van der Waals surface area (Å²) in [5, 5.41) is 5.88. The monoisotopic (exact) mass is 338 g/mol. The van der Waals surface area contributed by atoms with Crippen molar-refractivity contribution in [2.24, 2.45) is 0 Å². The number of hydrogen-bond donors (Lipinski definition) is 2. The maximum Gasteiger partial charge on any atom is 0.419 e. The fraction of sp³-hybridized carbons (Fsp3) is 0.500. The minimum atomic E-state index is -4.50. The van der Waals surface area contributed by atoms with Gasteiger partial charge in [-0.2, -0.15) is 13.2 Å². The molecule has 1 aliphatic rings. The highest BCUT2D eigenvalue weighted by molar-refractivity contribution is 5.85. The van der Waals surface area contributed by atoms with Gasteiger partial charge in [0.05, 0.1) is 5.56 Å². The second-order valence-electron chi connectivity index (χ2n) is 4.89. The van der Waals surface area contributed by atoms with Crippen LogP contribution in [0, 0.1) is 0 Å². The van der Waals surface area contributed by atoms with Gasteiger partial charge >= 0.3 is 6.18 Å². The number of hydrogen-bond acceptors (Lipinski definition) is 3. The average molecular weight is 339 g/mol. The van der Waals surface area contributed by atoms with Gasteiger partial charge in [-0.3, -0.25) is 4.79 Å². The molecule has 0 aliphatic carbocycles. The van der Waals surface area contributed by atoms with Crippen molar-refractivity contribution < 1.29 is 22.7 Å². The van der Waals surface area contributed by atoms with E-state index < -0.39 is 24.3 Å². The fourth-order valence-electron chi connectivity index (χ4n) is 2.21. The summed E-state index contributed by atoms with van der Waals surface area (Å²) in [6.07, 6.45) is -2.68. The zero-order valence-corrected chi connectivity index (χ0v) is 12.6. The summed E-state index contributed by atoms with van der Waals surface area (Å²) in [5.74, 6) is -0.748. The van der Waals surface area contributed by atoms with E-state index in [9.17, 15) is 18.0 Å². The van der Waals surface area contributed by atoms with Gasteiger partial charge < -0.3 is 15.4 Å². The van der Waals surface area contributed by atoms with Crippen molar-refractivity contribution in [1.29, 1.82) is 0 Å². The van der Waals surface area contributed by atoms with Crippen molar-refractivity contribution in [2.45, 2.75) is 25.1 Å². The summed E-state index contributed by atoms with van der Waals surface area (Å²) >= 11 is 0. The molecule has 1 atom stereocenters. The third-order valence-electron chi connectivity index (χ3n) is 3.21. The highest BCUT2D eigenvalue weighted by Gasteiger charge is 2.34. The Kier molecular flexibility index (Phi) is 6.96. The lowest BCUT2D eigenvalue weighted by atomic mass is 10.1. The van der Waals surface area contributed by atoms with Crippen LogP contribution < -0.4 is 15.4 Å². The molecule has 1 aromatic carbocycles. The van der Waals surface area contributed by atoms with E-state index in [4.69, 9.17) is 4.74 Å². The summed E-state index contributed by atoms with van der Waals surface area (Å²) in [6.45, 7) is 1.16. The quantitative estimate of drug-likeness (QED) is 0.886. The first-order valence-corrected chi connectivity index (χ1v) is 6.76. The maximum absolute atomic E-state index is 12.8. The molecule has 0 spiro atoms. The van der Waals surface area contributed by atoms with Crippen molar-refractivity contribution in [2.75, 3.05) is 19.7 Å². The number of nitrogens with one attached hydrogen (secondary N) is 2. The van der Waals surface area contributed by atoms with Crippen LogP contribution in [0.1, 0.15) is 18.4 Å². The van der Waals surface area contributed by atoms with Crippen LogP contribution in [0.15, 0.2) is 24.3 Å². The first-order valence-electron chi connectivity index (χ1n) is 6.76. The van der Waals surface area contributed by atoms with Gasteiger partial charge in [-0.25, -0.2) is 0 Å². The van der Waals surface area contributed by atoms with Gasteiger partial charge in [0.2, 0.25) is 0 Å². The number of carbonyl (C=O) groups is 1. The molecule has 1 heterocycles. The van der Waals surface area contributed by atoms with Crippen molar-refractivity contribution in [1.82, 2.24) is 10.6 Å². The number of piperidine rings is 1. The summed E-state index contributed by atoms with van der Waals surface area (Å²) in [5.41, 5.74) is -0.878. The van der Waals surface area contributed by atoms with Crippen LogP contribution in [-0.4, -0.2) is 31.6 Å². The van der Waals surface area contributed by atoms with Gasteiger partial charge in [-0.05, 0) is 31.5 Å². The molecule has 0 radical (unpaired) electrons. The number of rotatable bonds is 4. The van der Waals surface area contributed by atoms with Crippen LogP contribution in [-0.2, 0) is 11.0 Å². The largest absolute Gasteiger partial charge is 0.483 e. The molecule has 1 aromatic rings. The molecule has 0 unspecified atom stereocenters. The van der Waals surface area contributed by atoms with Gasteiger partial charge in [0.1, 0.15) is 5.75 Å². The van der Waals surface area contributed by atoms with E-state index in [0.29, 0.717) is 6.54 Å². The Labute approximate surface area is 132 Å². The normalized spacial score (nSPS) is 18.2. The summed E-state index contributed by atoms with van der Waals surface area (Å²) in [6, 6.07) is 4.86. The molecule has 1 saturated heterocycles. The number of alkyl halides is 3. The van der Waals surface area contributed by atoms with E-state index in [-0.39, 0.29) is 24.2 Å². The number of halogens is 4. The molecular formula is C14H18ClF3N2O2. The Morgan fingerprint density at radius 2 is 2.09 bits per heavy atom. The predicted molar refractivity (Wildman–Crippen MR) is 78.2 cm³/mol. The smallest absolute Gasteiger partial charge is 0.419 e. The first-order chi connectivity index (χ1) is 9.97. The molecule has 0 saturated carbocycles. The summed E-state index contributed by atoms with van der Waals surface area (Å²) in [7, 11) is 0. The van der Waals surface area contributed by atoms with Gasteiger partial charge in [0.15, 0.2) is 6.61 Å². The van der Waals surface area contributed by atoms with Crippen LogP contribution in [0.4, 0.5) is 13.2 Å². The highest BCUT2D eigenvalue weighted by Crippen LogP contribution is 2.35. The fourth-order valence-corrected chi connectivity index (χ4v) is 2.21. The molecule has 2 N–H and O–H groups in total. The number of benzene rings is 1. The molecule has 8 heteroatoms. The molecule has 124 valence electrons. The third-order valence-corrected chi connectivity index (χ3v) is 3.21. The lowest BCUT2D eigenvalue weighted by Crippen LogP contribution is -2.47. The zero-order chi connectivity index (χ0) is 15.3. The van der Waals surface area contributed by atoms with Gasteiger partial charge in [-0.15, -0.1) is 12.4 Å². The Hall–Kier alpha value is -1.47. The standard InChI is InChI=1S/C14H17F3N2O2.ClH/c15-14(16,17)11-5-1-2-6-12(11)21-9-13(20)19-10-4-3-7-18-8-10;/h1-2,5-6,10,18H,3-4,7-9H2,(H,19,20);1H/t10-;/m0./s1. The van der Waals surface area contributed by atoms with Crippen LogP contribution in [0.3, 0.4) is 0 Å². The topological polar surface area (TPSA) is 50.4 Å². The Morgan fingerprint density at radius 3 is 2.73 bits per heavy atom. The molecule has 22 heavy (non-hydrogen) atoms. The Bertz CT molecular complexity index is 491. The van der Waals surface area contributed by atoms with Gasteiger partial charge in [-0.1, -0.05) is 12.1 Å². The zero-order valence-electron chi connectivity index (χ0n) is 11.8. The SMILES string of the molecule is Cl.O=C(COc1ccccc1C(F)(F)F)N[C@H]1CCCNC1. The molecule has 0 bridgehead atoms. The summed E-state index contributed by atoms with van der Waals surface area (Å²) < 4.78 is 43.3. The maximum atomic E-state index is 12.8. The lowest BCUT2D eigenvalue weighted by Gasteiger charge is -2.23. The van der Waals surface area contributed by atoms with E-state index >= 15 is 0 Å². The van der Waals surface area contributed by atoms with E-state index in [1.54, 1.807) is 0 Å². The molecule has 1 fully saturated rings. The number of ether oxygens (including phenoxy) is 1. The molecule has 0 aromatic heterocycles. The first kappa shape index (κ1) is 18.6. The molecule has 1 amide bonds. The van der Waals surface area contributed by atoms with Crippen molar-refractivity contribution in [3.63, 3.8) is 0 Å². The van der Waals surface area contributed by atoms with E-state index in [0.717, 1.165) is 25.5 Å². The molecule has 4 nitrogen and oxygen atoms in total. The molecule has 1 aliphatic heterocycles. The van der Waals surface area contributed by atoms with E-state index in [2.05, 4.69) is 10.6 Å². The third kappa shape index (κ3) is 5.38. The highest BCUT2D eigenvalue weighted by atomic mass is 35.5. The minimum absolute atomic E-state index is 0. The number of para-hydroxylation sites is 1. The molecule has 2 rings (SSSR count). The van der Waals surface area contributed by atoms with Crippen molar-refractivity contribution in [3.8, 4) is 5.75 Å². The van der Waals surface area contributed by atoms with Crippen molar-refractivity contribution in [3.05, 3.63) is 29.8 Å². The lowest BCUT2D eigenvalue weighted by molar-refractivity contribution is -0.139. The van der Waals surface area contributed by atoms with Gasteiger partial charge in [0.25, 0.3) is 5.91 Å². The van der Waals surface area contributed by atoms with Crippen LogP contribution in [0.25, 0.3) is 0 Å². The summed E-state index contributed by atoms with van der Waals surface area (Å²) in [4.78, 5) is 11.7. The second-order valence-corrected chi connectivity index (χ2v) is 4.89. The van der Waals surface area contributed by atoms with Crippen LogP contribution in [0.2, 0.25) is 0 Å². The van der Waals surface area contributed by atoms with Crippen LogP contribution in [0.5, 0.6) is 5.75 Å². The minimum Gasteiger partial charge on any atom is -0.483 e. The van der Waals surface area contributed by atoms with Crippen LogP contribution >= 0.6 is 12.4 Å². The average Bonchev–Trinajstić information content (AvgIpc) is 2.45. The number of amides is 1. The van der Waals surface area contributed by atoms with E-state index in [1.165, 1.54) is 18.2 Å². The van der Waals surface area contributed by atoms with E-state index in [1.807, 2.05) is 0 Å². The number of carbonyl (C=O) groups excluding carboxylic acids is 1. The Balaban J connectivity index is 0.00000242. The Morgan fingerprint density at radius 1 is 1.36 bits per heavy atom. The molecular weight excluding hydrogens is 321 g/mol.